The summed E-state index contributed by atoms with van der Waals surface area (Å²) in [6.45, 7) is 6.53. The molecule has 0 spiro atoms. The monoisotopic (exact) mass is 249 g/mol. The van der Waals surface area contributed by atoms with Gasteiger partial charge in [-0.2, -0.15) is 0 Å². The average molecular weight is 249 g/mol. The summed E-state index contributed by atoms with van der Waals surface area (Å²) in [5.41, 5.74) is 0.662. The molecule has 0 aromatic heterocycles. The molecule has 1 atom stereocenters. The predicted octanol–water partition coefficient (Wildman–Crippen LogP) is 3.67. The van der Waals surface area contributed by atoms with E-state index in [1.165, 1.54) is 24.8 Å². The van der Waals surface area contributed by atoms with E-state index in [0.717, 1.165) is 6.42 Å². The molecule has 0 heterocycles. The molecule has 0 saturated carbocycles. The molecule has 0 fully saturated rings. The Hall–Kier alpha value is -0.860. The third-order valence-corrected chi connectivity index (χ3v) is 3.08. The highest BCUT2D eigenvalue weighted by molar-refractivity contribution is 5.18. The van der Waals surface area contributed by atoms with Crippen molar-refractivity contribution in [3.8, 4) is 0 Å². The van der Waals surface area contributed by atoms with E-state index in [0.29, 0.717) is 12.6 Å². The quantitative estimate of drug-likeness (QED) is 0.689. The molecule has 102 valence electrons. The van der Waals surface area contributed by atoms with Crippen LogP contribution in [0.4, 0.5) is 0 Å². The largest absolute Gasteiger partial charge is 0.389 e. The van der Waals surface area contributed by atoms with Gasteiger partial charge < -0.3 is 10.4 Å². The maximum atomic E-state index is 9.82. The lowest BCUT2D eigenvalue weighted by Crippen LogP contribution is -2.36. The summed E-state index contributed by atoms with van der Waals surface area (Å²) in [6.07, 6.45) is 4.88. The normalized spacial score (nSPS) is 13.6. The Morgan fingerprint density at radius 1 is 1.17 bits per heavy atom. The van der Waals surface area contributed by atoms with E-state index in [9.17, 15) is 5.11 Å². The summed E-state index contributed by atoms with van der Waals surface area (Å²) in [5, 5.41) is 13.3. The van der Waals surface area contributed by atoms with Gasteiger partial charge in [-0.25, -0.2) is 0 Å². The molecule has 1 unspecified atom stereocenters. The molecule has 0 bridgehead atoms. The van der Waals surface area contributed by atoms with Crippen LogP contribution >= 0.6 is 0 Å². The van der Waals surface area contributed by atoms with Crippen molar-refractivity contribution >= 4 is 0 Å². The summed E-state index contributed by atoms with van der Waals surface area (Å²) in [7, 11) is 0. The SMILES string of the molecule is CCCCCC(NCC(C)(C)O)c1ccccc1. The van der Waals surface area contributed by atoms with Gasteiger partial charge in [0, 0.05) is 12.6 Å². The highest BCUT2D eigenvalue weighted by atomic mass is 16.3. The van der Waals surface area contributed by atoms with Crippen LogP contribution in [0.25, 0.3) is 0 Å². The van der Waals surface area contributed by atoms with Gasteiger partial charge >= 0.3 is 0 Å². The van der Waals surface area contributed by atoms with Crippen LogP contribution in [-0.4, -0.2) is 17.3 Å². The third-order valence-electron chi connectivity index (χ3n) is 3.08. The van der Waals surface area contributed by atoms with E-state index in [-0.39, 0.29) is 0 Å². The zero-order chi connectivity index (χ0) is 13.4. The van der Waals surface area contributed by atoms with E-state index in [4.69, 9.17) is 0 Å². The highest BCUT2D eigenvalue weighted by Gasteiger charge is 2.16. The third kappa shape index (κ3) is 6.18. The van der Waals surface area contributed by atoms with E-state index in [1.807, 2.05) is 19.9 Å². The average Bonchev–Trinajstić information content (AvgIpc) is 2.33. The zero-order valence-electron chi connectivity index (χ0n) is 11.9. The van der Waals surface area contributed by atoms with Crippen molar-refractivity contribution in [2.45, 2.75) is 58.1 Å². The molecule has 1 rings (SSSR count). The second kappa shape index (κ2) is 7.55. The number of nitrogens with one attached hydrogen (secondary N) is 1. The van der Waals surface area contributed by atoms with Crippen LogP contribution < -0.4 is 5.32 Å². The summed E-state index contributed by atoms with van der Waals surface area (Å²) < 4.78 is 0. The number of hydrogen-bond acceptors (Lipinski definition) is 2. The Morgan fingerprint density at radius 2 is 1.83 bits per heavy atom. The molecular formula is C16H27NO. The molecule has 0 aliphatic heterocycles. The van der Waals surface area contributed by atoms with Crippen molar-refractivity contribution < 1.29 is 5.11 Å². The first kappa shape index (κ1) is 15.2. The second-order valence-corrected chi connectivity index (χ2v) is 5.65. The number of benzene rings is 1. The zero-order valence-corrected chi connectivity index (χ0v) is 11.9. The summed E-state index contributed by atoms with van der Waals surface area (Å²) in [6, 6.07) is 10.9. The Kier molecular flexibility index (Phi) is 6.37. The molecule has 0 aliphatic rings. The second-order valence-electron chi connectivity index (χ2n) is 5.65. The lowest BCUT2D eigenvalue weighted by molar-refractivity contribution is 0.0758. The fourth-order valence-electron chi connectivity index (χ4n) is 2.04. The molecule has 0 saturated heterocycles. The van der Waals surface area contributed by atoms with Gasteiger partial charge in [-0.05, 0) is 25.8 Å². The van der Waals surface area contributed by atoms with Crippen molar-refractivity contribution in [3.05, 3.63) is 35.9 Å². The molecule has 0 radical (unpaired) electrons. The predicted molar refractivity (Wildman–Crippen MR) is 77.6 cm³/mol. The van der Waals surface area contributed by atoms with E-state index < -0.39 is 5.60 Å². The smallest absolute Gasteiger partial charge is 0.0715 e. The molecule has 2 N–H and O–H groups in total. The minimum absolute atomic E-state index is 0.351. The number of hydrogen-bond donors (Lipinski definition) is 2. The van der Waals surface area contributed by atoms with Gasteiger partial charge in [0.25, 0.3) is 0 Å². The van der Waals surface area contributed by atoms with Crippen molar-refractivity contribution in [1.29, 1.82) is 0 Å². The Bertz CT molecular complexity index is 316. The van der Waals surface area contributed by atoms with Crippen LogP contribution in [0.5, 0.6) is 0 Å². The van der Waals surface area contributed by atoms with Crippen LogP contribution in [-0.2, 0) is 0 Å². The van der Waals surface area contributed by atoms with E-state index >= 15 is 0 Å². The molecule has 2 nitrogen and oxygen atoms in total. The first-order valence-electron chi connectivity index (χ1n) is 7.03. The summed E-state index contributed by atoms with van der Waals surface area (Å²) in [5.74, 6) is 0. The van der Waals surface area contributed by atoms with E-state index in [2.05, 4.69) is 36.5 Å². The minimum atomic E-state index is -0.655. The van der Waals surface area contributed by atoms with Crippen molar-refractivity contribution in [2.24, 2.45) is 0 Å². The minimum Gasteiger partial charge on any atom is -0.389 e. The number of unbranched alkanes of at least 4 members (excludes halogenated alkanes) is 2. The molecule has 18 heavy (non-hydrogen) atoms. The van der Waals surface area contributed by atoms with Gasteiger partial charge in [-0.3, -0.25) is 0 Å². The van der Waals surface area contributed by atoms with Crippen LogP contribution in [0, 0.1) is 0 Å². The fourth-order valence-corrected chi connectivity index (χ4v) is 2.04. The van der Waals surface area contributed by atoms with E-state index in [1.54, 1.807) is 0 Å². The van der Waals surface area contributed by atoms with Gasteiger partial charge in [-0.15, -0.1) is 0 Å². The lowest BCUT2D eigenvalue weighted by Gasteiger charge is -2.24. The standard InChI is InChI=1S/C16H27NO/c1-4-5-7-12-15(17-13-16(2,3)18)14-10-8-6-9-11-14/h6,8-11,15,17-18H,4-5,7,12-13H2,1-3H3. The van der Waals surface area contributed by atoms with Crippen LogP contribution in [0.3, 0.4) is 0 Å². The highest BCUT2D eigenvalue weighted by Crippen LogP contribution is 2.20. The molecule has 0 aliphatic carbocycles. The van der Waals surface area contributed by atoms with Crippen molar-refractivity contribution in [1.82, 2.24) is 5.32 Å². The first-order chi connectivity index (χ1) is 8.53. The Morgan fingerprint density at radius 3 is 2.39 bits per heavy atom. The Labute approximate surface area is 111 Å². The summed E-state index contributed by atoms with van der Waals surface area (Å²) >= 11 is 0. The number of rotatable bonds is 8. The van der Waals surface area contributed by atoms with Gasteiger partial charge in [0.05, 0.1) is 5.60 Å². The molecule has 2 heteroatoms. The fraction of sp³-hybridized carbons (Fsp3) is 0.625. The molecule has 0 amide bonds. The maximum absolute atomic E-state index is 9.82. The van der Waals surface area contributed by atoms with Crippen LogP contribution in [0.15, 0.2) is 30.3 Å². The Balaban J connectivity index is 2.58. The van der Waals surface area contributed by atoms with Crippen LogP contribution in [0.2, 0.25) is 0 Å². The number of aliphatic hydroxyl groups is 1. The molecular weight excluding hydrogens is 222 g/mol. The lowest BCUT2D eigenvalue weighted by atomic mass is 9.99. The first-order valence-corrected chi connectivity index (χ1v) is 7.03. The molecule has 1 aromatic rings. The van der Waals surface area contributed by atoms with Gasteiger partial charge in [-0.1, -0.05) is 56.5 Å². The summed E-state index contributed by atoms with van der Waals surface area (Å²) in [4.78, 5) is 0. The van der Waals surface area contributed by atoms with Gasteiger partial charge in [0.1, 0.15) is 0 Å². The topological polar surface area (TPSA) is 32.3 Å². The van der Waals surface area contributed by atoms with Crippen molar-refractivity contribution in [3.63, 3.8) is 0 Å². The molecule has 1 aromatic carbocycles. The van der Waals surface area contributed by atoms with Gasteiger partial charge in [0.15, 0.2) is 0 Å². The van der Waals surface area contributed by atoms with Gasteiger partial charge in [0.2, 0.25) is 0 Å². The van der Waals surface area contributed by atoms with Crippen molar-refractivity contribution in [2.75, 3.05) is 6.54 Å². The maximum Gasteiger partial charge on any atom is 0.0715 e. The van der Waals surface area contributed by atoms with Crippen LogP contribution in [0.1, 0.15) is 58.1 Å².